The van der Waals surface area contributed by atoms with Crippen LogP contribution in [-0.2, 0) is 6.54 Å². The molecule has 3 aromatic heterocycles. The Morgan fingerprint density at radius 3 is 3.00 bits per heavy atom. The predicted molar refractivity (Wildman–Crippen MR) is 64.6 cm³/mol. The van der Waals surface area contributed by atoms with Crippen LogP contribution >= 0.6 is 0 Å². The van der Waals surface area contributed by atoms with Crippen LogP contribution in [0.5, 0.6) is 0 Å². The largest absolute Gasteiger partial charge is 0.364 e. The van der Waals surface area contributed by atoms with Crippen molar-refractivity contribution in [2.75, 3.05) is 5.32 Å². The highest BCUT2D eigenvalue weighted by Crippen LogP contribution is 2.07. The van der Waals surface area contributed by atoms with Gasteiger partial charge < -0.3 is 5.32 Å². The van der Waals surface area contributed by atoms with Crippen LogP contribution in [0, 0.1) is 0 Å². The Kier molecular flexibility index (Phi) is 2.42. The van der Waals surface area contributed by atoms with E-state index in [1.54, 1.807) is 16.9 Å². The van der Waals surface area contributed by atoms with E-state index in [9.17, 15) is 0 Å². The van der Waals surface area contributed by atoms with Gasteiger partial charge in [-0.15, -0.1) is 0 Å². The maximum absolute atomic E-state index is 4.41. The first-order chi connectivity index (χ1) is 8.42. The van der Waals surface area contributed by atoms with Crippen molar-refractivity contribution in [3.05, 3.63) is 54.6 Å². The Morgan fingerprint density at radius 2 is 2.12 bits per heavy atom. The van der Waals surface area contributed by atoms with Gasteiger partial charge in [0.2, 0.25) is 0 Å². The fourth-order valence-corrected chi connectivity index (χ4v) is 1.59. The molecule has 0 saturated carbocycles. The summed E-state index contributed by atoms with van der Waals surface area (Å²) in [7, 11) is 0. The molecule has 1 N–H and O–H groups in total. The van der Waals surface area contributed by atoms with Crippen molar-refractivity contribution in [1.29, 1.82) is 0 Å². The summed E-state index contributed by atoms with van der Waals surface area (Å²) in [6.45, 7) is 0.665. The summed E-state index contributed by atoms with van der Waals surface area (Å²) >= 11 is 0. The Balaban J connectivity index is 1.76. The normalized spacial score (nSPS) is 10.6. The van der Waals surface area contributed by atoms with E-state index in [1.165, 1.54) is 0 Å². The Morgan fingerprint density at radius 1 is 1.12 bits per heavy atom. The van der Waals surface area contributed by atoms with Crippen LogP contribution in [0.3, 0.4) is 0 Å². The maximum Gasteiger partial charge on any atom is 0.157 e. The lowest BCUT2D eigenvalue weighted by molar-refractivity contribution is 0.934. The summed E-state index contributed by atoms with van der Waals surface area (Å²) in [5.41, 5.74) is 1.82. The number of hydrogen-bond donors (Lipinski definition) is 1. The third kappa shape index (κ3) is 2.08. The smallest absolute Gasteiger partial charge is 0.157 e. The minimum absolute atomic E-state index is 0.665. The fourth-order valence-electron chi connectivity index (χ4n) is 1.59. The van der Waals surface area contributed by atoms with Crippen LogP contribution in [-0.4, -0.2) is 19.6 Å². The van der Waals surface area contributed by atoms with Crippen LogP contribution in [0.25, 0.3) is 5.65 Å². The van der Waals surface area contributed by atoms with Crippen molar-refractivity contribution in [3.8, 4) is 0 Å². The fraction of sp³-hybridized carbons (Fsp3) is 0.0833. The van der Waals surface area contributed by atoms with Crippen LogP contribution in [0.1, 0.15) is 5.69 Å². The van der Waals surface area contributed by atoms with Gasteiger partial charge in [-0.05, 0) is 18.2 Å². The highest BCUT2D eigenvalue weighted by Gasteiger charge is 1.98. The summed E-state index contributed by atoms with van der Waals surface area (Å²) in [6.07, 6.45) is 5.39. The van der Waals surface area contributed by atoms with Crippen molar-refractivity contribution < 1.29 is 0 Å². The summed E-state index contributed by atoms with van der Waals surface area (Å²) in [5, 5.41) is 7.32. The molecule has 5 heteroatoms. The molecule has 0 fully saturated rings. The molecule has 0 radical (unpaired) electrons. The minimum Gasteiger partial charge on any atom is -0.364 e. The Labute approximate surface area is 98.1 Å². The summed E-state index contributed by atoms with van der Waals surface area (Å²) < 4.78 is 1.73. The van der Waals surface area contributed by atoms with Gasteiger partial charge in [-0.25, -0.2) is 9.50 Å². The number of fused-ring (bicyclic) bond motifs is 1. The number of nitrogens with zero attached hydrogens (tertiary/aromatic N) is 4. The molecule has 0 saturated heterocycles. The SMILES string of the molecule is c1ccc(CNc2ccn3nccc3n2)nc1. The number of anilines is 1. The number of aromatic nitrogens is 4. The average molecular weight is 225 g/mol. The molecule has 0 aliphatic heterocycles. The monoisotopic (exact) mass is 225 g/mol. The standard InChI is InChI=1S/C12H11N5/c1-2-6-13-10(3-1)9-14-11-5-8-17-12(16-11)4-7-15-17/h1-8H,9H2,(H,14,16). The van der Waals surface area contributed by atoms with Gasteiger partial charge in [0.1, 0.15) is 5.82 Å². The van der Waals surface area contributed by atoms with Gasteiger partial charge in [-0.3, -0.25) is 4.98 Å². The zero-order valence-corrected chi connectivity index (χ0v) is 9.11. The van der Waals surface area contributed by atoms with E-state index in [1.807, 2.05) is 36.5 Å². The molecule has 84 valence electrons. The third-order valence-corrected chi connectivity index (χ3v) is 2.43. The number of pyridine rings is 1. The highest BCUT2D eigenvalue weighted by atomic mass is 15.2. The summed E-state index contributed by atoms with van der Waals surface area (Å²) in [6, 6.07) is 9.61. The van der Waals surface area contributed by atoms with Crippen molar-refractivity contribution in [3.63, 3.8) is 0 Å². The van der Waals surface area contributed by atoms with Gasteiger partial charge in [0, 0.05) is 18.5 Å². The van der Waals surface area contributed by atoms with Gasteiger partial charge in [0.25, 0.3) is 0 Å². The molecule has 5 nitrogen and oxygen atoms in total. The van der Waals surface area contributed by atoms with Crippen LogP contribution in [0.2, 0.25) is 0 Å². The molecule has 0 aliphatic carbocycles. The lowest BCUT2D eigenvalue weighted by Crippen LogP contribution is -2.03. The van der Waals surface area contributed by atoms with E-state index in [0.717, 1.165) is 17.2 Å². The van der Waals surface area contributed by atoms with E-state index in [2.05, 4.69) is 20.4 Å². The van der Waals surface area contributed by atoms with E-state index >= 15 is 0 Å². The second-order valence-corrected chi connectivity index (χ2v) is 3.62. The van der Waals surface area contributed by atoms with Gasteiger partial charge in [-0.2, -0.15) is 5.10 Å². The minimum atomic E-state index is 0.665. The number of hydrogen-bond acceptors (Lipinski definition) is 4. The molecule has 0 aliphatic rings. The lowest BCUT2D eigenvalue weighted by Gasteiger charge is -2.04. The Hall–Kier alpha value is -2.43. The van der Waals surface area contributed by atoms with Gasteiger partial charge in [-0.1, -0.05) is 6.07 Å². The van der Waals surface area contributed by atoms with Crippen molar-refractivity contribution >= 4 is 11.5 Å². The van der Waals surface area contributed by atoms with E-state index in [0.29, 0.717) is 6.54 Å². The first kappa shape index (κ1) is 9.77. The molecular weight excluding hydrogens is 214 g/mol. The van der Waals surface area contributed by atoms with Gasteiger partial charge in [0.15, 0.2) is 5.65 Å². The van der Waals surface area contributed by atoms with E-state index in [4.69, 9.17) is 0 Å². The second-order valence-electron chi connectivity index (χ2n) is 3.62. The van der Waals surface area contributed by atoms with Crippen molar-refractivity contribution in [2.45, 2.75) is 6.54 Å². The predicted octanol–water partition coefficient (Wildman–Crippen LogP) is 1.74. The highest BCUT2D eigenvalue weighted by molar-refractivity contribution is 5.45. The van der Waals surface area contributed by atoms with Crippen LogP contribution in [0.15, 0.2) is 48.9 Å². The Bertz CT molecular complexity index is 617. The molecule has 3 heterocycles. The van der Waals surface area contributed by atoms with E-state index in [-0.39, 0.29) is 0 Å². The molecule has 17 heavy (non-hydrogen) atoms. The second kappa shape index (κ2) is 4.21. The molecular formula is C12H11N5. The average Bonchev–Trinajstić information content (AvgIpc) is 2.85. The van der Waals surface area contributed by atoms with Gasteiger partial charge in [0.05, 0.1) is 18.4 Å². The molecule has 0 bridgehead atoms. The topological polar surface area (TPSA) is 55.1 Å². The molecule has 0 spiro atoms. The van der Waals surface area contributed by atoms with Crippen LogP contribution < -0.4 is 5.32 Å². The molecule has 0 amide bonds. The van der Waals surface area contributed by atoms with E-state index < -0.39 is 0 Å². The van der Waals surface area contributed by atoms with Crippen molar-refractivity contribution in [2.24, 2.45) is 0 Å². The molecule has 0 atom stereocenters. The zero-order chi connectivity index (χ0) is 11.5. The van der Waals surface area contributed by atoms with Crippen molar-refractivity contribution in [1.82, 2.24) is 19.6 Å². The molecule has 0 unspecified atom stereocenters. The quantitative estimate of drug-likeness (QED) is 0.737. The molecule has 3 rings (SSSR count). The number of nitrogens with one attached hydrogen (secondary N) is 1. The first-order valence-electron chi connectivity index (χ1n) is 5.36. The van der Waals surface area contributed by atoms with Crippen LogP contribution in [0.4, 0.5) is 5.82 Å². The maximum atomic E-state index is 4.41. The summed E-state index contributed by atoms with van der Waals surface area (Å²) in [4.78, 5) is 8.65. The number of rotatable bonds is 3. The van der Waals surface area contributed by atoms with Gasteiger partial charge >= 0.3 is 0 Å². The lowest BCUT2D eigenvalue weighted by atomic mass is 10.3. The molecule has 3 aromatic rings. The summed E-state index contributed by atoms with van der Waals surface area (Å²) in [5.74, 6) is 0.823. The molecule has 0 aromatic carbocycles. The third-order valence-electron chi connectivity index (χ3n) is 2.43. The first-order valence-corrected chi connectivity index (χ1v) is 5.36. The zero-order valence-electron chi connectivity index (χ0n) is 9.11.